The fraction of sp³-hybridized carbons (Fsp3) is 0.500. The van der Waals surface area contributed by atoms with Crippen LogP contribution >= 0.6 is 0 Å². The molecule has 138 valence electrons. The number of fused-ring (bicyclic) bond motifs is 1. The van der Waals surface area contributed by atoms with Gasteiger partial charge < -0.3 is 19.9 Å². The van der Waals surface area contributed by atoms with Gasteiger partial charge >= 0.3 is 5.97 Å². The van der Waals surface area contributed by atoms with Crippen molar-refractivity contribution >= 4 is 22.8 Å². The number of hydrogen-bond acceptors (Lipinski definition) is 5. The van der Waals surface area contributed by atoms with E-state index in [9.17, 15) is 19.1 Å². The Balaban J connectivity index is 1.91. The van der Waals surface area contributed by atoms with E-state index in [1.54, 1.807) is 4.57 Å². The first-order valence-electron chi connectivity index (χ1n) is 8.85. The third-order valence-corrected chi connectivity index (χ3v) is 4.97. The Morgan fingerprint density at radius 3 is 2.54 bits per heavy atom. The third-order valence-electron chi connectivity index (χ3n) is 4.97. The molecule has 2 aromatic heterocycles. The number of aromatic nitrogens is 2. The fourth-order valence-corrected chi connectivity index (χ4v) is 3.74. The molecule has 3 heterocycles. The molecule has 7 nitrogen and oxygen atoms in total. The Kier molecular flexibility index (Phi) is 3.95. The topological polar surface area (TPSA) is 87.5 Å². The second kappa shape index (κ2) is 6.05. The molecule has 0 amide bonds. The van der Waals surface area contributed by atoms with Gasteiger partial charge in [-0.3, -0.25) is 4.79 Å². The normalized spacial score (nSPS) is 23.4. The molecule has 1 saturated carbocycles. The van der Waals surface area contributed by atoms with Gasteiger partial charge in [0.05, 0.1) is 5.39 Å². The number of nitrogens with zero attached hydrogens (tertiary/aromatic N) is 3. The minimum atomic E-state index is -1.31. The summed E-state index contributed by atoms with van der Waals surface area (Å²) in [5.41, 5.74) is -0.676. The summed E-state index contributed by atoms with van der Waals surface area (Å²) in [5, 5.41) is 12.7. The highest BCUT2D eigenvalue weighted by Crippen LogP contribution is 2.37. The first kappa shape index (κ1) is 17.0. The SMILES string of the molecule is CC1CN(c2nc3c(cc2F)c(=O)c(C(=O)O)cn3C2CC2)CC(C)N1. The van der Waals surface area contributed by atoms with Gasteiger partial charge in [-0.05, 0) is 32.8 Å². The summed E-state index contributed by atoms with van der Waals surface area (Å²) < 4.78 is 16.5. The van der Waals surface area contributed by atoms with Crippen molar-refractivity contribution in [3.63, 3.8) is 0 Å². The van der Waals surface area contributed by atoms with Gasteiger partial charge in [-0.2, -0.15) is 0 Å². The van der Waals surface area contributed by atoms with Crippen LogP contribution in [0.4, 0.5) is 10.2 Å². The number of pyridine rings is 2. The van der Waals surface area contributed by atoms with E-state index in [1.807, 2.05) is 18.7 Å². The van der Waals surface area contributed by atoms with Crippen molar-refractivity contribution in [3.05, 3.63) is 33.9 Å². The van der Waals surface area contributed by atoms with E-state index < -0.39 is 17.2 Å². The number of carbonyl (C=O) groups is 1. The van der Waals surface area contributed by atoms with E-state index in [4.69, 9.17) is 0 Å². The molecular formula is C18H21FN4O3. The van der Waals surface area contributed by atoms with Crippen molar-refractivity contribution in [2.45, 2.75) is 44.8 Å². The van der Waals surface area contributed by atoms with Crippen LogP contribution in [0.2, 0.25) is 0 Å². The number of carboxylic acids is 1. The summed E-state index contributed by atoms with van der Waals surface area (Å²) in [6.45, 7) is 5.28. The number of rotatable bonds is 3. The zero-order chi connectivity index (χ0) is 18.6. The smallest absolute Gasteiger partial charge is 0.341 e. The number of carboxylic acid groups (broad SMARTS) is 1. The van der Waals surface area contributed by atoms with Crippen LogP contribution in [0.3, 0.4) is 0 Å². The zero-order valence-electron chi connectivity index (χ0n) is 14.7. The second-order valence-corrected chi connectivity index (χ2v) is 7.35. The first-order chi connectivity index (χ1) is 12.3. The zero-order valence-corrected chi connectivity index (χ0v) is 14.7. The molecule has 2 fully saturated rings. The lowest BCUT2D eigenvalue weighted by atomic mass is 10.1. The van der Waals surface area contributed by atoms with Crippen molar-refractivity contribution in [2.24, 2.45) is 0 Å². The van der Waals surface area contributed by atoms with Gasteiger partial charge in [0.25, 0.3) is 0 Å². The molecule has 26 heavy (non-hydrogen) atoms. The van der Waals surface area contributed by atoms with Crippen molar-refractivity contribution in [1.82, 2.24) is 14.9 Å². The summed E-state index contributed by atoms with van der Waals surface area (Å²) >= 11 is 0. The highest BCUT2D eigenvalue weighted by molar-refractivity contribution is 5.92. The van der Waals surface area contributed by atoms with Crippen LogP contribution in [0.15, 0.2) is 17.1 Å². The maximum atomic E-state index is 14.8. The lowest BCUT2D eigenvalue weighted by Gasteiger charge is -2.37. The minimum absolute atomic E-state index is 0.0225. The third kappa shape index (κ3) is 2.84. The molecule has 1 aliphatic heterocycles. The molecule has 2 atom stereocenters. The van der Waals surface area contributed by atoms with Gasteiger partial charge in [0.1, 0.15) is 11.2 Å². The van der Waals surface area contributed by atoms with Gasteiger partial charge in [0, 0.05) is 37.4 Å². The molecular weight excluding hydrogens is 339 g/mol. The average Bonchev–Trinajstić information content (AvgIpc) is 3.38. The van der Waals surface area contributed by atoms with E-state index >= 15 is 0 Å². The predicted octanol–water partition coefficient (Wildman–Crippen LogP) is 1.76. The van der Waals surface area contributed by atoms with Crippen LogP contribution in [0.5, 0.6) is 0 Å². The Bertz CT molecular complexity index is 944. The standard InChI is InChI=1S/C18H21FN4O3/c1-9-6-22(7-10(2)20-9)17-14(19)5-12-15(24)13(18(25)26)8-23(11-3-4-11)16(12)21-17/h5,8-11,20H,3-4,6-7H2,1-2H3,(H,25,26). The molecule has 4 rings (SSSR count). The molecule has 2 unspecified atom stereocenters. The van der Waals surface area contributed by atoms with Gasteiger partial charge in [0.15, 0.2) is 11.6 Å². The lowest BCUT2D eigenvalue weighted by molar-refractivity contribution is 0.0695. The van der Waals surface area contributed by atoms with Gasteiger partial charge in [0.2, 0.25) is 5.43 Å². The molecule has 1 saturated heterocycles. The van der Waals surface area contributed by atoms with Crippen molar-refractivity contribution in [3.8, 4) is 0 Å². The Hall–Kier alpha value is -2.48. The Morgan fingerprint density at radius 1 is 1.31 bits per heavy atom. The molecule has 2 N–H and O–H groups in total. The molecule has 1 aliphatic carbocycles. The van der Waals surface area contributed by atoms with E-state index in [-0.39, 0.29) is 34.9 Å². The minimum Gasteiger partial charge on any atom is -0.477 e. The average molecular weight is 360 g/mol. The highest BCUT2D eigenvalue weighted by atomic mass is 19.1. The maximum absolute atomic E-state index is 14.8. The van der Waals surface area contributed by atoms with E-state index in [0.29, 0.717) is 18.7 Å². The first-order valence-corrected chi connectivity index (χ1v) is 8.85. The predicted molar refractivity (Wildman–Crippen MR) is 95.5 cm³/mol. The van der Waals surface area contributed by atoms with E-state index in [0.717, 1.165) is 18.9 Å². The van der Waals surface area contributed by atoms with Crippen molar-refractivity contribution in [1.29, 1.82) is 0 Å². The molecule has 8 heteroatoms. The van der Waals surface area contributed by atoms with Crippen LogP contribution in [0, 0.1) is 5.82 Å². The summed E-state index contributed by atoms with van der Waals surface area (Å²) in [6, 6.07) is 1.64. The van der Waals surface area contributed by atoms with Crippen LogP contribution < -0.4 is 15.6 Å². The van der Waals surface area contributed by atoms with Crippen molar-refractivity contribution < 1.29 is 14.3 Å². The number of halogens is 1. The van der Waals surface area contributed by atoms with E-state index in [1.165, 1.54) is 6.20 Å². The molecule has 0 spiro atoms. The number of hydrogen-bond donors (Lipinski definition) is 2. The number of anilines is 1. The molecule has 0 radical (unpaired) electrons. The second-order valence-electron chi connectivity index (χ2n) is 7.35. The Labute approximate surface area is 149 Å². The number of piperazine rings is 1. The van der Waals surface area contributed by atoms with Gasteiger partial charge in [-0.25, -0.2) is 14.2 Å². The van der Waals surface area contributed by atoms with Gasteiger partial charge in [-0.1, -0.05) is 0 Å². The van der Waals surface area contributed by atoms with Crippen LogP contribution in [0.25, 0.3) is 11.0 Å². The van der Waals surface area contributed by atoms with Crippen LogP contribution in [0.1, 0.15) is 43.1 Å². The lowest BCUT2D eigenvalue weighted by Crippen LogP contribution is -2.54. The monoisotopic (exact) mass is 360 g/mol. The Morgan fingerprint density at radius 2 is 1.96 bits per heavy atom. The number of aromatic carboxylic acids is 1. The van der Waals surface area contributed by atoms with Crippen LogP contribution in [-0.4, -0.2) is 45.8 Å². The van der Waals surface area contributed by atoms with Crippen LogP contribution in [-0.2, 0) is 0 Å². The summed E-state index contributed by atoms with van der Waals surface area (Å²) in [7, 11) is 0. The molecule has 2 aromatic rings. The molecule has 0 aromatic carbocycles. The molecule has 0 bridgehead atoms. The fourth-order valence-electron chi connectivity index (χ4n) is 3.74. The van der Waals surface area contributed by atoms with E-state index in [2.05, 4.69) is 10.3 Å². The summed E-state index contributed by atoms with van der Waals surface area (Å²) in [6.07, 6.45) is 3.14. The quantitative estimate of drug-likeness (QED) is 0.867. The van der Waals surface area contributed by atoms with Crippen molar-refractivity contribution in [2.75, 3.05) is 18.0 Å². The number of nitrogens with one attached hydrogen (secondary N) is 1. The summed E-state index contributed by atoms with van der Waals surface area (Å²) in [5.74, 6) is -1.68. The van der Waals surface area contributed by atoms with Gasteiger partial charge in [-0.15, -0.1) is 0 Å². The summed E-state index contributed by atoms with van der Waals surface area (Å²) in [4.78, 5) is 30.2. The highest BCUT2D eigenvalue weighted by Gasteiger charge is 2.30. The maximum Gasteiger partial charge on any atom is 0.341 e. The molecule has 2 aliphatic rings. The largest absolute Gasteiger partial charge is 0.477 e.